The van der Waals surface area contributed by atoms with Gasteiger partial charge < -0.3 is 10.3 Å². The van der Waals surface area contributed by atoms with Gasteiger partial charge in [-0.15, -0.1) is 0 Å². The number of thioether (sulfide) groups is 1. The van der Waals surface area contributed by atoms with Gasteiger partial charge in [0.15, 0.2) is 0 Å². The summed E-state index contributed by atoms with van der Waals surface area (Å²) in [5.74, 6) is 0.979. The number of nitrogens with zero attached hydrogens (tertiary/aromatic N) is 1. The predicted octanol–water partition coefficient (Wildman–Crippen LogP) is 0.891. The summed E-state index contributed by atoms with van der Waals surface area (Å²) in [5, 5.41) is 7.86. The molecule has 1 aliphatic heterocycles. The van der Waals surface area contributed by atoms with Crippen LogP contribution in [0.1, 0.15) is 29.0 Å². The third-order valence-corrected chi connectivity index (χ3v) is 8.27. The van der Waals surface area contributed by atoms with Crippen molar-refractivity contribution in [3.05, 3.63) is 47.8 Å². The fraction of sp³-hybridized carbons (Fsp3) is 0.353. The Morgan fingerprint density at radius 2 is 1.86 bits per heavy atom. The van der Waals surface area contributed by atoms with Crippen molar-refractivity contribution in [2.24, 2.45) is 5.14 Å². The summed E-state index contributed by atoms with van der Waals surface area (Å²) < 4.78 is 49.8. The molecule has 1 aromatic carbocycles. The maximum atomic E-state index is 12.7. The number of hydrogen-bond acceptors (Lipinski definition) is 6. The lowest BCUT2D eigenvalue weighted by atomic mass is 10.1. The van der Waals surface area contributed by atoms with Crippen LogP contribution in [-0.4, -0.2) is 56.6 Å². The molecule has 2 heterocycles. The first kappa shape index (κ1) is 21.8. The molecule has 0 saturated carbocycles. The molecule has 158 valence electrons. The van der Waals surface area contributed by atoms with Gasteiger partial charge in [0.25, 0.3) is 5.91 Å². The van der Waals surface area contributed by atoms with Crippen molar-refractivity contribution in [2.75, 3.05) is 24.6 Å². The molecule has 3 rings (SSSR count). The first-order valence-corrected chi connectivity index (χ1v) is 12.9. The van der Waals surface area contributed by atoms with E-state index in [0.29, 0.717) is 18.7 Å². The molecule has 4 N–H and O–H groups in total. The first-order chi connectivity index (χ1) is 13.6. The van der Waals surface area contributed by atoms with Crippen LogP contribution < -0.4 is 10.5 Å². The van der Waals surface area contributed by atoms with Crippen LogP contribution in [0.15, 0.2) is 46.3 Å². The molecule has 1 amide bonds. The summed E-state index contributed by atoms with van der Waals surface area (Å²) in [7, 11) is -7.50. The normalized spacial score (nSPS) is 17.0. The largest absolute Gasteiger partial charge is 0.356 e. The van der Waals surface area contributed by atoms with Crippen LogP contribution in [0.2, 0.25) is 0 Å². The van der Waals surface area contributed by atoms with Crippen LogP contribution in [-0.2, 0) is 20.0 Å². The van der Waals surface area contributed by atoms with Crippen molar-refractivity contribution < 1.29 is 21.6 Å². The van der Waals surface area contributed by atoms with Crippen LogP contribution in [0.25, 0.3) is 0 Å². The van der Waals surface area contributed by atoms with Crippen molar-refractivity contribution >= 4 is 37.7 Å². The number of hydrogen-bond donors (Lipinski definition) is 3. The smallest absolute Gasteiger partial charge is 0.268 e. The van der Waals surface area contributed by atoms with E-state index in [0.717, 1.165) is 11.5 Å². The minimum atomic E-state index is -3.86. The summed E-state index contributed by atoms with van der Waals surface area (Å²) in [5.41, 5.74) is 0.652. The summed E-state index contributed by atoms with van der Waals surface area (Å²) >= 11 is 1.70. The number of H-pyrrole nitrogens is 1. The van der Waals surface area contributed by atoms with Gasteiger partial charge in [-0.25, -0.2) is 22.0 Å². The average molecular weight is 459 g/mol. The molecule has 2 aromatic rings. The third kappa shape index (κ3) is 5.01. The summed E-state index contributed by atoms with van der Waals surface area (Å²) in [6.45, 7) is 2.57. The number of aromatic amines is 1. The molecular weight excluding hydrogens is 436 g/mol. The van der Waals surface area contributed by atoms with E-state index in [4.69, 9.17) is 5.14 Å². The lowest BCUT2D eigenvalue weighted by molar-refractivity contribution is 0.0935. The second-order valence-electron chi connectivity index (χ2n) is 6.58. The number of nitrogens with one attached hydrogen (secondary N) is 2. The minimum Gasteiger partial charge on any atom is -0.356 e. The zero-order valence-corrected chi connectivity index (χ0v) is 18.1. The second kappa shape index (κ2) is 8.48. The van der Waals surface area contributed by atoms with Crippen molar-refractivity contribution in [1.29, 1.82) is 0 Å². The molecule has 1 aromatic heterocycles. The molecule has 0 spiro atoms. The first-order valence-electron chi connectivity index (χ1n) is 8.79. The Balaban J connectivity index is 1.73. The van der Waals surface area contributed by atoms with Gasteiger partial charge >= 0.3 is 0 Å². The highest BCUT2D eigenvalue weighted by molar-refractivity contribution is 7.99. The van der Waals surface area contributed by atoms with E-state index in [1.165, 1.54) is 34.8 Å². The van der Waals surface area contributed by atoms with E-state index >= 15 is 0 Å². The number of nitrogens with two attached hydrogens (primary N) is 1. The van der Waals surface area contributed by atoms with Crippen molar-refractivity contribution in [1.82, 2.24) is 14.6 Å². The SMILES string of the molecule is CC(NC(=O)c1cc(S(=O)(=O)N2CCSCC2)c[nH]1)c1cccc(S(N)(=O)=O)c1. The number of sulfonamides is 2. The predicted molar refractivity (Wildman–Crippen MR) is 111 cm³/mol. The number of rotatable bonds is 6. The number of benzene rings is 1. The molecule has 0 aliphatic carbocycles. The number of amides is 1. The Hall–Kier alpha value is -1.86. The highest BCUT2D eigenvalue weighted by atomic mass is 32.2. The minimum absolute atomic E-state index is 0.0402. The second-order valence-corrected chi connectivity index (χ2v) is 11.3. The van der Waals surface area contributed by atoms with E-state index in [2.05, 4.69) is 10.3 Å². The molecule has 1 saturated heterocycles. The zero-order valence-electron chi connectivity index (χ0n) is 15.7. The molecular formula is C17H22N4O5S3. The van der Waals surface area contributed by atoms with E-state index in [-0.39, 0.29) is 15.5 Å². The van der Waals surface area contributed by atoms with Gasteiger partial charge in [0, 0.05) is 30.8 Å². The van der Waals surface area contributed by atoms with E-state index in [9.17, 15) is 21.6 Å². The molecule has 12 heteroatoms. The van der Waals surface area contributed by atoms with E-state index in [1.54, 1.807) is 24.8 Å². The zero-order chi connectivity index (χ0) is 21.2. The van der Waals surface area contributed by atoms with Gasteiger partial charge in [-0.2, -0.15) is 16.1 Å². The molecule has 1 atom stereocenters. The topological polar surface area (TPSA) is 142 Å². The van der Waals surface area contributed by atoms with Crippen LogP contribution in [0.3, 0.4) is 0 Å². The molecule has 0 radical (unpaired) electrons. The lowest BCUT2D eigenvalue weighted by Crippen LogP contribution is -2.37. The van der Waals surface area contributed by atoms with Gasteiger partial charge in [-0.1, -0.05) is 12.1 Å². The Labute approximate surface area is 174 Å². The monoisotopic (exact) mass is 458 g/mol. The highest BCUT2D eigenvalue weighted by Gasteiger charge is 2.28. The summed E-state index contributed by atoms with van der Waals surface area (Å²) in [4.78, 5) is 15.2. The van der Waals surface area contributed by atoms with Crippen LogP contribution >= 0.6 is 11.8 Å². The number of carbonyl (C=O) groups is 1. The Morgan fingerprint density at radius 1 is 1.17 bits per heavy atom. The number of primary sulfonamides is 1. The molecule has 1 aliphatic rings. The van der Waals surface area contributed by atoms with Gasteiger partial charge in [-0.3, -0.25) is 4.79 Å². The molecule has 29 heavy (non-hydrogen) atoms. The molecule has 0 bridgehead atoms. The van der Waals surface area contributed by atoms with Gasteiger partial charge in [0.1, 0.15) is 10.6 Å². The van der Waals surface area contributed by atoms with Crippen LogP contribution in [0.5, 0.6) is 0 Å². The van der Waals surface area contributed by atoms with Crippen LogP contribution in [0.4, 0.5) is 0 Å². The van der Waals surface area contributed by atoms with Gasteiger partial charge in [0.2, 0.25) is 20.0 Å². The fourth-order valence-electron chi connectivity index (χ4n) is 2.91. The molecule has 1 unspecified atom stereocenters. The third-order valence-electron chi connectivity index (χ3n) is 4.54. The summed E-state index contributed by atoms with van der Waals surface area (Å²) in [6, 6.07) is 6.74. The lowest BCUT2D eigenvalue weighted by Gasteiger charge is -2.24. The van der Waals surface area contributed by atoms with Gasteiger partial charge in [0.05, 0.1) is 10.9 Å². The maximum absolute atomic E-state index is 12.7. The highest BCUT2D eigenvalue weighted by Crippen LogP contribution is 2.22. The van der Waals surface area contributed by atoms with Gasteiger partial charge in [-0.05, 0) is 30.7 Å². The van der Waals surface area contributed by atoms with E-state index in [1.807, 2.05) is 0 Å². The number of aromatic nitrogens is 1. The molecule has 1 fully saturated rings. The fourth-order valence-corrected chi connectivity index (χ4v) is 6.05. The molecule has 9 nitrogen and oxygen atoms in total. The maximum Gasteiger partial charge on any atom is 0.268 e. The Kier molecular flexibility index (Phi) is 6.39. The Bertz CT molecular complexity index is 1110. The van der Waals surface area contributed by atoms with Crippen molar-refractivity contribution in [2.45, 2.75) is 22.8 Å². The number of carbonyl (C=O) groups excluding carboxylic acids is 1. The van der Waals surface area contributed by atoms with Crippen molar-refractivity contribution in [3.63, 3.8) is 0 Å². The van der Waals surface area contributed by atoms with E-state index < -0.39 is 32.0 Å². The summed E-state index contributed by atoms with van der Waals surface area (Å²) in [6.07, 6.45) is 1.30. The average Bonchev–Trinajstić information content (AvgIpc) is 3.19. The van der Waals surface area contributed by atoms with Crippen molar-refractivity contribution in [3.8, 4) is 0 Å². The quantitative estimate of drug-likeness (QED) is 0.587. The standard InChI is InChI=1S/C17H22N4O5S3/c1-12(13-3-2-4-14(9-13)28(18,23)24)20-17(22)16-10-15(11-19-16)29(25,26)21-5-7-27-8-6-21/h2-4,9-12,19H,5-8H2,1H3,(H,20,22)(H2,18,23,24). The van der Waals surface area contributed by atoms with Crippen LogP contribution in [0, 0.1) is 0 Å². The Morgan fingerprint density at radius 3 is 2.52 bits per heavy atom.